The topological polar surface area (TPSA) is 44.0 Å². The first-order valence-corrected chi connectivity index (χ1v) is 10.3. The van der Waals surface area contributed by atoms with Gasteiger partial charge in [-0.1, -0.05) is 60.2 Å². The lowest BCUT2D eigenvalue weighted by atomic mass is 9.99. The largest absolute Gasteiger partial charge is 0.331 e. The molecule has 0 aliphatic carbocycles. The second-order valence-electron chi connectivity index (χ2n) is 7.96. The van der Waals surface area contributed by atoms with Gasteiger partial charge in [0.05, 0.1) is 17.4 Å². The minimum absolute atomic E-state index is 0.222. The normalized spacial score (nSPS) is 11.2. The first kappa shape index (κ1) is 19.9. The van der Waals surface area contributed by atoms with E-state index in [0.717, 1.165) is 22.3 Å². The van der Waals surface area contributed by atoms with Crippen LogP contribution in [0, 0.1) is 20.8 Å². The maximum atomic E-state index is 13.4. The molecule has 0 aliphatic rings. The van der Waals surface area contributed by atoms with Crippen molar-refractivity contribution in [2.45, 2.75) is 40.3 Å². The first-order valence-electron chi connectivity index (χ1n) is 10.3. The van der Waals surface area contributed by atoms with E-state index in [0.29, 0.717) is 30.4 Å². The highest BCUT2D eigenvalue weighted by atomic mass is 16.2. The van der Waals surface area contributed by atoms with Crippen LogP contribution >= 0.6 is 0 Å². The van der Waals surface area contributed by atoms with E-state index in [-0.39, 0.29) is 11.2 Å². The number of para-hydroxylation sites is 1. The molecule has 3 aromatic carbocycles. The molecule has 30 heavy (non-hydrogen) atoms. The van der Waals surface area contributed by atoms with E-state index in [4.69, 9.17) is 0 Å². The Balaban J connectivity index is 1.85. The Morgan fingerprint density at radius 3 is 2.10 bits per heavy atom. The summed E-state index contributed by atoms with van der Waals surface area (Å²) >= 11 is 0. The van der Waals surface area contributed by atoms with Gasteiger partial charge in [-0.05, 0) is 61.6 Å². The molecule has 0 radical (unpaired) electrons. The molecule has 4 rings (SSSR count). The highest BCUT2D eigenvalue weighted by Gasteiger charge is 2.15. The van der Waals surface area contributed by atoms with Crippen molar-refractivity contribution in [2.75, 3.05) is 0 Å². The average molecular weight is 399 g/mol. The van der Waals surface area contributed by atoms with Crippen LogP contribution in [-0.4, -0.2) is 9.13 Å². The van der Waals surface area contributed by atoms with Crippen molar-refractivity contribution in [3.05, 3.63) is 115 Å². The van der Waals surface area contributed by atoms with E-state index >= 15 is 0 Å². The Kier molecular flexibility index (Phi) is 5.40. The van der Waals surface area contributed by atoms with Gasteiger partial charge < -0.3 is 0 Å². The predicted molar refractivity (Wildman–Crippen MR) is 122 cm³/mol. The predicted octanol–water partition coefficient (Wildman–Crippen LogP) is 4.38. The Bertz CT molecular complexity index is 1310. The van der Waals surface area contributed by atoms with Crippen LogP contribution in [0.2, 0.25) is 0 Å². The molecule has 0 spiro atoms. The van der Waals surface area contributed by atoms with Gasteiger partial charge in [-0.25, -0.2) is 4.79 Å². The van der Waals surface area contributed by atoms with Gasteiger partial charge in [0.1, 0.15) is 0 Å². The van der Waals surface area contributed by atoms with Crippen molar-refractivity contribution in [3.8, 4) is 0 Å². The van der Waals surface area contributed by atoms with Crippen LogP contribution < -0.4 is 11.2 Å². The van der Waals surface area contributed by atoms with Gasteiger partial charge in [0.25, 0.3) is 5.56 Å². The highest BCUT2D eigenvalue weighted by Crippen LogP contribution is 2.19. The monoisotopic (exact) mass is 398 g/mol. The molecule has 0 aliphatic heterocycles. The summed E-state index contributed by atoms with van der Waals surface area (Å²) in [6.45, 7) is 7.04. The van der Waals surface area contributed by atoms with Crippen molar-refractivity contribution >= 4 is 10.9 Å². The fourth-order valence-electron chi connectivity index (χ4n) is 4.22. The molecule has 0 saturated carbocycles. The zero-order valence-electron chi connectivity index (χ0n) is 17.7. The van der Waals surface area contributed by atoms with Gasteiger partial charge in [-0.15, -0.1) is 0 Å². The second-order valence-corrected chi connectivity index (χ2v) is 7.96. The fourth-order valence-corrected chi connectivity index (χ4v) is 4.22. The Morgan fingerprint density at radius 1 is 0.767 bits per heavy atom. The van der Waals surface area contributed by atoms with Crippen molar-refractivity contribution in [3.63, 3.8) is 0 Å². The number of fused-ring (bicyclic) bond motifs is 1. The summed E-state index contributed by atoms with van der Waals surface area (Å²) in [5.74, 6) is 0. The first-order chi connectivity index (χ1) is 14.5. The van der Waals surface area contributed by atoms with Crippen LogP contribution in [0.1, 0.15) is 27.8 Å². The molecule has 0 fully saturated rings. The van der Waals surface area contributed by atoms with Crippen molar-refractivity contribution < 1.29 is 0 Å². The summed E-state index contributed by atoms with van der Waals surface area (Å²) in [4.78, 5) is 26.5. The van der Waals surface area contributed by atoms with E-state index < -0.39 is 0 Å². The third-order valence-corrected chi connectivity index (χ3v) is 5.76. The van der Waals surface area contributed by atoms with Gasteiger partial charge >= 0.3 is 5.69 Å². The maximum Gasteiger partial charge on any atom is 0.331 e. The van der Waals surface area contributed by atoms with E-state index in [2.05, 4.69) is 32.9 Å². The standard InChI is InChI=1S/C26H26N2O2/c1-18-15-19(2)23(20(3)16-18)17-28-24-12-8-7-11-22(24)25(29)27(26(28)30)14-13-21-9-5-4-6-10-21/h4-12,15-16H,13-14,17H2,1-3H3. The molecule has 0 bridgehead atoms. The van der Waals surface area contributed by atoms with Crippen LogP contribution in [0.3, 0.4) is 0 Å². The molecule has 152 valence electrons. The molecule has 1 aromatic heterocycles. The van der Waals surface area contributed by atoms with Crippen LogP contribution in [0.15, 0.2) is 76.3 Å². The van der Waals surface area contributed by atoms with E-state index in [1.807, 2.05) is 54.6 Å². The van der Waals surface area contributed by atoms with E-state index in [9.17, 15) is 9.59 Å². The van der Waals surface area contributed by atoms with Gasteiger partial charge in [-0.2, -0.15) is 0 Å². The molecule has 4 nitrogen and oxygen atoms in total. The zero-order valence-corrected chi connectivity index (χ0v) is 17.7. The average Bonchev–Trinajstić information content (AvgIpc) is 2.73. The van der Waals surface area contributed by atoms with Gasteiger partial charge in [0.2, 0.25) is 0 Å². The Labute approximate surface area is 176 Å². The Morgan fingerprint density at radius 2 is 1.40 bits per heavy atom. The number of rotatable bonds is 5. The lowest BCUT2D eigenvalue weighted by Gasteiger charge is -2.17. The lowest BCUT2D eigenvalue weighted by molar-refractivity contribution is 0.589. The number of benzene rings is 3. The smallest absolute Gasteiger partial charge is 0.289 e. The van der Waals surface area contributed by atoms with Gasteiger partial charge in [0, 0.05) is 6.54 Å². The van der Waals surface area contributed by atoms with Gasteiger partial charge in [-0.3, -0.25) is 13.9 Å². The maximum absolute atomic E-state index is 13.4. The quantitative estimate of drug-likeness (QED) is 0.501. The highest BCUT2D eigenvalue weighted by molar-refractivity contribution is 5.78. The minimum atomic E-state index is -0.256. The summed E-state index contributed by atoms with van der Waals surface area (Å²) < 4.78 is 3.13. The fraction of sp³-hybridized carbons (Fsp3) is 0.231. The molecule has 4 heteroatoms. The molecule has 4 aromatic rings. The van der Waals surface area contributed by atoms with E-state index in [1.165, 1.54) is 10.1 Å². The minimum Gasteiger partial charge on any atom is -0.289 e. The molecule has 0 N–H and O–H groups in total. The third-order valence-electron chi connectivity index (χ3n) is 5.76. The summed E-state index contributed by atoms with van der Waals surface area (Å²) in [5, 5.41) is 0.576. The van der Waals surface area contributed by atoms with Gasteiger partial charge in [0.15, 0.2) is 0 Å². The molecular weight excluding hydrogens is 372 g/mol. The van der Waals surface area contributed by atoms with Crippen LogP contribution in [0.4, 0.5) is 0 Å². The molecular formula is C26H26N2O2. The number of nitrogens with zero attached hydrogens (tertiary/aromatic N) is 2. The summed E-state index contributed by atoms with van der Waals surface area (Å²) in [5.41, 5.74) is 5.96. The van der Waals surface area contributed by atoms with Crippen molar-refractivity contribution in [2.24, 2.45) is 0 Å². The zero-order chi connectivity index (χ0) is 21.3. The summed E-state index contributed by atoms with van der Waals surface area (Å²) in [7, 11) is 0. The molecule has 0 saturated heterocycles. The van der Waals surface area contributed by atoms with E-state index in [1.54, 1.807) is 4.57 Å². The lowest BCUT2D eigenvalue weighted by Crippen LogP contribution is -2.40. The SMILES string of the molecule is Cc1cc(C)c(Cn2c(=O)n(CCc3ccccc3)c(=O)c3ccccc32)c(C)c1. The molecule has 0 amide bonds. The third kappa shape index (κ3) is 3.73. The summed E-state index contributed by atoms with van der Waals surface area (Å²) in [6.07, 6.45) is 0.636. The van der Waals surface area contributed by atoms with Crippen molar-refractivity contribution in [1.82, 2.24) is 9.13 Å². The number of hydrogen-bond donors (Lipinski definition) is 0. The van der Waals surface area contributed by atoms with Crippen LogP contribution in [0.25, 0.3) is 10.9 Å². The molecule has 0 atom stereocenters. The number of aryl methyl sites for hydroxylation is 4. The van der Waals surface area contributed by atoms with Crippen LogP contribution in [-0.2, 0) is 19.5 Å². The number of aromatic nitrogens is 2. The number of hydrogen-bond acceptors (Lipinski definition) is 2. The van der Waals surface area contributed by atoms with Crippen LogP contribution in [0.5, 0.6) is 0 Å². The molecule has 0 unspecified atom stereocenters. The summed E-state index contributed by atoms with van der Waals surface area (Å²) in [6, 6.07) is 21.6. The second kappa shape index (κ2) is 8.15. The Hall–Kier alpha value is -3.40. The molecule has 1 heterocycles. The van der Waals surface area contributed by atoms with Crippen molar-refractivity contribution in [1.29, 1.82) is 0 Å².